The Kier molecular flexibility index (Phi) is 4.85. The first-order valence-corrected chi connectivity index (χ1v) is 7.11. The standard InChI is InChI=1S/C13H17NO4S/c1-4-7-14(9-13(15)16)19(17,18)12-6-5-10(2)11(3)8-12/h4-6,8H,1,7,9H2,2-3H3,(H,15,16)/p-1. The number of benzene rings is 1. The largest absolute Gasteiger partial charge is 0.549 e. The van der Waals surface area contributed by atoms with Gasteiger partial charge in [-0.15, -0.1) is 6.58 Å². The molecule has 0 heterocycles. The number of carbonyl (C=O) groups excluding carboxylic acids is 1. The maximum Gasteiger partial charge on any atom is 0.243 e. The number of carbonyl (C=O) groups is 1. The smallest absolute Gasteiger partial charge is 0.243 e. The normalized spacial score (nSPS) is 11.5. The van der Waals surface area contributed by atoms with Crippen molar-refractivity contribution in [2.45, 2.75) is 18.7 Å². The van der Waals surface area contributed by atoms with Crippen molar-refractivity contribution in [1.29, 1.82) is 0 Å². The molecule has 0 aliphatic rings. The third-order valence-electron chi connectivity index (χ3n) is 2.75. The van der Waals surface area contributed by atoms with Gasteiger partial charge >= 0.3 is 0 Å². The second-order valence-electron chi connectivity index (χ2n) is 4.20. The van der Waals surface area contributed by atoms with Gasteiger partial charge in [-0.2, -0.15) is 4.31 Å². The van der Waals surface area contributed by atoms with Crippen LogP contribution in [0.15, 0.2) is 35.7 Å². The molecule has 0 N–H and O–H groups in total. The monoisotopic (exact) mass is 282 g/mol. The lowest BCUT2D eigenvalue weighted by molar-refractivity contribution is -0.305. The van der Waals surface area contributed by atoms with E-state index < -0.39 is 22.5 Å². The van der Waals surface area contributed by atoms with E-state index in [1.807, 2.05) is 6.92 Å². The summed E-state index contributed by atoms with van der Waals surface area (Å²) >= 11 is 0. The molecule has 0 atom stereocenters. The first-order valence-electron chi connectivity index (χ1n) is 5.67. The zero-order chi connectivity index (χ0) is 14.6. The van der Waals surface area contributed by atoms with Gasteiger partial charge in [0.25, 0.3) is 0 Å². The van der Waals surface area contributed by atoms with Gasteiger partial charge in [-0.25, -0.2) is 8.42 Å². The average Bonchev–Trinajstić information content (AvgIpc) is 2.31. The van der Waals surface area contributed by atoms with Crippen LogP contribution in [0, 0.1) is 13.8 Å². The quantitative estimate of drug-likeness (QED) is 0.700. The summed E-state index contributed by atoms with van der Waals surface area (Å²) in [5.41, 5.74) is 1.79. The molecule has 0 bridgehead atoms. The second kappa shape index (κ2) is 5.99. The molecule has 0 aliphatic carbocycles. The van der Waals surface area contributed by atoms with E-state index in [4.69, 9.17) is 0 Å². The first-order chi connectivity index (χ1) is 8.78. The summed E-state index contributed by atoms with van der Waals surface area (Å²) in [6, 6.07) is 4.67. The summed E-state index contributed by atoms with van der Waals surface area (Å²) in [6.07, 6.45) is 1.33. The van der Waals surface area contributed by atoms with E-state index >= 15 is 0 Å². The number of hydrogen-bond acceptors (Lipinski definition) is 4. The van der Waals surface area contributed by atoms with Crippen molar-refractivity contribution in [1.82, 2.24) is 4.31 Å². The molecule has 0 saturated carbocycles. The number of aliphatic carboxylic acids is 1. The van der Waals surface area contributed by atoms with Crippen LogP contribution in [0.5, 0.6) is 0 Å². The van der Waals surface area contributed by atoms with Crippen LogP contribution in [-0.2, 0) is 14.8 Å². The summed E-state index contributed by atoms with van der Waals surface area (Å²) in [7, 11) is -3.86. The number of rotatable bonds is 6. The first kappa shape index (κ1) is 15.4. The van der Waals surface area contributed by atoms with Gasteiger partial charge in [0.2, 0.25) is 10.0 Å². The SMILES string of the molecule is C=CCN(CC(=O)[O-])S(=O)(=O)c1ccc(C)c(C)c1. The number of nitrogens with zero attached hydrogens (tertiary/aromatic N) is 1. The van der Waals surface area contributed by atoms with Crippen LogP contribution in [-0.4, -0.2) is 31.8 Å². The fourth-order valence-electron chi connectivity index (χ4n) is 1.56. The van der Waals surface area contributed by atoms with Gasteiger partial charge in [0.15, 0.2) is 0 Å². The molecule has 0 aliphatic heterocycles. The highest BCUT2D eigenvalue weighted by molar-refractivity contribution is 7.89. The van der Waals surface area contributed by atoms with Crippen LogP contribution in [0.1, 0.15) is 11.1 Å². The van der Waals surface area contributed by atoms with Crippen LogP contribution in [0.2, 0.25) is 0 Å². The van der Waals surface area contributed by atoms with Crippen LogP contribution in [0.3, 0.4) is 0 Å². The highest BCUT2D eigenvalue weighted by Crippen LogP contribution is 2.18. The zero-order valence-corrected chi connectivity index (χ0v) is 11.7. The molecule has 6 heteroatoms. The second-order valence-corrected chi connectivity index (χ2v) is 6.14. The van der Waals surface area contributed by atoms with Crippen molar-refractivity contribution >= 4 is 16.0 Å². The number of carboxylic acid groups (broad SMARTS) is 1. The molecule has 19 heavy (non-hydrogen) atoms. The highest BCUT2D eigenvalue weighted by Gasteiger charge is 2.23. The Hall–Kier alpha value is -1.66. The van der Waals surface area contributed by atoms with Gasteiger partial charge in [-0.3, -0.25) is 0 Å². The third-order valence-corrected chi connectivity index (χ3v) is 4.56. The summed E-state index contributed by atoms with van der Waals surface area (Å²) in [5.74, 6) is -1.45. The van der Waals surface area contributed by atoms with E-state index in [1.54, 1.807) is 13.0 Å². The predicted octanol–water partition coefficient (Wildman–Crippen LogP) is 0.230. The van der Waals surface area contributed by atoms with Crippen molar-refractivity contribution in [3.05, 3.63) is 42.0 Å². The molecule has 0 aromatic heterocycles. The van der Waals surface area contributed by atoms with Crippen molar-refractivity contribution in [2.24, 2.45) is 0 Å². The van der Waals surface area contributed by atoms with Crippen LogP contribution < -0.4 is 5.11 Å². The molecule has 1 rings (SSSR count). The minimum atomic E-state index is -3.86. The lowest BCUT2D eigenvalue weighted by Gasteiger charge is -2.21. The summed E-state index contributed by atoms with van der Waals surface area (Å²) in [4.78, 5) is 10.7. The van der Waals surface area contributed by atoms with E-state index in [2.05, 4.69) is 6.58 Å². The van der Waals surface area contributed by atoms with Crippen LogP contribution in [0.25, 0.3) is 0 Å². The Balaban J connectivity index is 3.21. The summed E-state index contributed by atoms with van der Waals surface area (Å²) in [6.45, 7) is 6.32. The van der Waals surface area contributed by atoms with Gasteiger partial charge < -0.3 is 9.90 Å². The molecular weight excluding hydrogens is 266 g/mol. The van der Waals surface area contributed by atoms with Crippen molar-refractivity contribution in [2.75, 3.05) is 13.1 Å². The number of sulfonamides is 1. The number of aryl methyl sites for hydroxylation is 2. The van der Waals surface area contributed by atoms with Gasteiger partial charge in [-0.1, -0.05) is 12.1 Å². The van der Waals surface area contributed by atoms with Gasteiger partial charge in [-0.05, 0) is 37.1 Å². The van der Waals surface area contributed by atoms with Crippen LogP contribution in [0.4, 0.5) is 0 Å². The van der Waals surface area contributed by atoms with E-state index in [-0.39, 0.29) is 11.4 Å². The fourth-order valence-corrected chi connectivity index (χ4v) is 3.00. The van der Waals surface area contributed by atoms with E-state index in [0.717, 1.165) is 15.4 Å². The van der Waals surface area contributed by atoms with E-state index in [0.29, 0.717) is 0 Å². The molecule has 104 valence electrons. The topological polar surface area (TPSA) is 77.5 Å². The predicted molar refractivity (Wildman–Crippen MR) is 69.9 cm³/mol. The molecule has 0 unspecified atom stereocenters. The van der Waals surface area contributed by atoms with Gasteiger partial charge in [0.05, 0.1) is 17.4 Å². The Morgan fingerprint density at radius 3 is 2.47 bits per heavy atom. The Labute approximate surface area is 113 Å². The Bertz CT molecular complexity index is 593. The highest BCUT2D eigenvalue weighted by atomic mass is 32.2. The van der Waals surface area contributed by atoms with Crippen LogP contribution >= 0.6 is 0 Å². The minimum absolute atomic E-state index is 0.0682. The molecule has 0 fully saturated rings. The maximum absolute atomic E-state index is 12.3. The molecule has 0 saturated heterocycles. The molecule has 0 amide bonds. The van der Waals surface area contributed by atoms with E-state index in [1.165, 1.54) is 18.2 Å². The molecule has 1 aromatic carbocycles. The number of hydrogen-bond donors (Lipinski definition) is 0. The Morgan fingerprint density at radius 2 is 2.00 bits per heavy atom. The van der Waals surface area contributed by atoms with Crippen molar-refractivity contribution < 1.29 is 18.3 Å². The summed E-state index contributed by atoms with van der Waals surface area (Å²) < 4.78 is 25.4. The lowest BCUT2D eigenvalue weighted by atomic mass is 10.1. The van der Waals surface area contributed by atoms with Gasteiger partial charge in [0.1, 0.15) is 0 Å². The van der Waals surface area contributed by atoms with Gasteiger partial charge in [0, 0.05) is 6.54 Å². The average molecular weight is 282 g/mol. The van der Waals surface area contributed by atoms with E-state index in [9.17, 15) is 18.3 Å². The fraction of sp³-hybridized carbons (Fsp3) is 0.308. The van der Waals surface area contributed by atoms with Crippen molar-refractivity contribution in [3.8, 4) is 0 Å². The van der Waals surface area contributed by atoms with Crippen molar-refractivity contribution in [3.63, 3.8) is 0 Å². The molecule has 0 spiro atoms. The lowest BCUT2D eigenvalue weighted by Crippen LogP contribution is -2.41. The molecule has 1 aromatic rings. The molecule has 0 radical (unpaired) electrons. The molecule has 5 nitrogen and oxygen atoms in total. The zero-order valence-electron chi connectivity index (χ0n) is 10.9. The summed E-state index contributed by atoms with van der Waals surface area (Å²) in [5, 5.41) is 10.6. The third kappa shape index (κ3) is 3.65. The minimum Gasteiger partial charge on any atom is -0.549 e. The Morgan fingerprint density at radius 1 is 1.37 bits per heavy atom. The maximum atomic E-state index is 12.3. The molecular formula is C13H16NO4S-. The number of carboxylic acids is 1.